The van der Waals surface area contributed by atoms with Crippen LogP contribution in [0, 0.1) is 13.8 Å². The maximum Gasteiger partial charge on any atom is 0.328 e. The van der Waals surface area contributed by atoms with E-state index in [1.807, 2.05) is 7.05 Å². The summed E-state index contributed by atoms with van der Waals surface area (Å²) in [5.74, 6) is -0.898. The van der Waals surface area contributed by atoms with Crippen LogP contribution in [-0.2, 0) is 11.3 Å². The van der Waals surface area contributed by atoms with Crippen molar-refractivity contribution in [3.63, 3.8) is 0 Å². The number of hydrogen-bond donors (Lipinski definition) is 1. The van der Waals surface area contributed by atoms with Gasteiger partial charge in [-0.15, -0.1) is 0 Å². The van der Waals surface area contributed by atoms with Crippen molar-refractivity contribution in [2.75, 3.05) is 13.6 Å². The highest BCUT2D eigenvalue weighted by Crippen LogP contribution is 2.12. The zero-order valence-electron chi connectivity index (χ0n) is 10.6. The zero-order chi connectivity index (χ0) is 12.8. The fraction of sp³-hybridized carbons (Fsp3) is 0.357. The van der Waals surface area contributed by atoms with Gasteiger partial charge in [0, 0.05) is 19.2 Å². The van der Waals surface area contributed by atoms with Crippen LogP contribution in [0.15, 0.2) is 30.4 Å². The molecule has 0 aliphatic carbocycles. The van der Waals surface area contributed by atoms with Gasteiger partial charge in [0.05, 0.1) is 0 Å². The molecule has 3 nitrogen and oxygen atoms in total. The Morgan fingerprint density at radius 2 is 2.12 bits per heavy atom. The molecular formula is C14H19NO2. The van der Waals surface area contributed by atoms with Crippen LogP contribution in [0.4, 0.5) is 0 Å². The number of likely N-dealkylation sites (N-methyl/N-ethyl adjacent to an activating group) is 1. The Bertz CT molecular complexity index is 424. The fourth-order valence-corrected chi connectivity index (χ4v) is 1.66. The molecule has 0 heterocycles. The molecule has 1 rings (SSSR count). The summed E-state index contributed by atoms with van der Waals surface area (Å²) in [6.07, 6.45) is 2.84. The second kappa shape index (κ2) is 6.21. The van der Waals surface area contributed by atoms with Crippen LogP contribution in [0.5, 0.6) is 0 Å². The van der Waals surface area contributed by atoms with E-state index in [9.17, 15) is 4.79 Å². The first-order valence-electron chi connectivity index (χ1n) is 5.63. The lowest BCUT2D eigenvalue weighted by molar-refractivity contribution is -0.131. The standard InChI is InChI=1S/C14H19NO2/c1-11-6-7-12(2)13(9-11)10-15(3)8-4-5-14(16)17/h4-7,9H,8,10H2,1-3H3,(H,16,17)/b5-4+. The summed E-state index contributed by atoms with van der Waals surface area (Å²) in [6.45, 7) is 5.64. The quantitative estimate of drug-likeness (QED) is 0.794. The van der Waals surface area contributed by atoms with E-state index in [4.69, 9.17) is 5.11 Å². The number of aliphatic carboxylic acids is 1. The molecule has 0 aromatic heterocycles. The Morgan fingerprint density at radius 3 is 2.76 bits per heavy atom. The molecule has 92 valence electrons. The summed E-state index contributed by atoms with van der Waals surface area (Å²) in [4.78, 5) is 12.4. The second-order valence-electron chi connectivity index (χ2n) is 4.37. The molecule has 0 fully saturated rings. The maximum atomic E-state index is 10.3. The number of benzene rings is 1. The van der Waals surface area contributed by atoms with Gasteiger partial charge in [0.1, 0.15) is 0 Å². The monoisotopic (exact) mass is 233 g/mol. The molecule has 0 bridgehead atoms. The number of rotatable bonds is 5. The number of hydrogen-bond acceptors (Lipinski definition) is 2. The second-order valence-corrected chi connectivity index (χ2v) is 4.37. The predicted octanol–water partition coefficient (Wildman–Crippen LogP) is 2.38. The maximum absolute atomic E-state index is 10.3. The van der Waals surface area contributed by atoms with Gasteiger partial charge < -0.3 is 5.11 Å². The molecule has 1 aromatic rings. The minimum Gasteiger partial charge on any atom is -0.478 e. The first-order valence-corrected chi connectivity index (χ1v) is 5.63. The van der Waals surface area contributed by atoms with Crippen LogP contribution in [0.1, 0.15) is 16.7 Å². The van der Waals surface area contributed by atoms with Crippen LogP contribution < -0.4 is 0 Å². The molecular weight excluding hydrogens is 214 g/mol. The van der Waals surface area contributed by atoms with Crippen molar-refractivity contribution in [1.82, 2.24) is 4.90 Å². The number of nitrogens with zero attached hydrogens (tertiary/aromatic N) is 1. The Kier molecular flexibility index (Phi) is 4.91. The van der Waals surface area contributed by atoms with Crippen LogP contribution in [0.3, 0.4) is 0 Å². The summed E-state index contributed by atoms with van der Waals surface area (Å²) in [6, 6.07) is 6.39. The van der Waals surface area contributed by atoms with Gasteiger partial charge in [0.2, 0.25) is 0 Å². The highest BCUT2D eigenvalue weighted by molar-refractivity contribution is 5.79. The van der Waals surface area contributed by atoms with Crippen LogP contribution in [0.25, 0.3) is 0 Å². The number of carbonyl (C=O) groups is 1. The molecule has 0 aliphatic heterocycles. The molecule has 0 radical (unpaired) electrons. The smallest absolute Gasteiger partial charge is 0.328 e. The summed E-state index contributed by atoms with van der Waals surface area (Å²) in [7, 11) is 1.98. The van der Waals surface area contributed by atoms with Crippen molar-refractivity contribution in [3.05, 3.63) is 47.0 Å². The van der Waals surface area contributed by atoms with E-state index in [-0.39, 0.29) is 0 Å². The highest BCUT2D eigenvalue weighted by atomic mass is 16.4. The predicted molar refractivity (Wildman–Crippen MR) is 69.0 cm³/mol. The molecule has 0 spiro atoms. The van der Waals surface area contributed by atoms with E-state index in [2.05, 4.69) is 36.9 Å². The third kappa shape index (κ3) is 4.83. The largest absolute Gasteiger partial charge is 0.478 e. The van der Waals surface area contributed by atoms with E-state index < -0.39 is 5.97 Å². The Hall–Kier alpha value is -1.61. The van der Waals surface area contributed by atoms with Crippen molar-refractivity contribution in [1.29, 1.82) is 0 Å². The van der Waals surface area contributed by atoms with E-state index >= 15 is 0 Å². The van der Waals surface area contributed by atoms with Crippen molar-refractivity contribution in [3.8, 4) is 0 Å². The zero-order valence-corrected chi connectivity index (χ0v) is 10.6. The van der Waals surface area contributed by atoms with Gasteiger partial charge in [-0.05, 0) is 32.0 Å². The fourth-order valence-electron chi connectivity index (χ4n) is 1.66. The Morgan fingerprint density at radius 1 is 1.41 bits per heavy atom. The van der Waals surface area contributed by atoms with E-state index in [0.717, 1.165) is 6.54 Å². The summed E-state index contributed by atoms with van der Waals surface area (Å²) in [5, 5.41) is 8.49. The first kappa shape index (κ1) is 13.5. The Labute approximate surface area is 102 Å². The van der Waals surface area contributed by atoms with Crippen molar-refractivity contribution >= 4 is 5.97 Å². The summed E-state index contributed by atoms with van der Waals surface area (Å²) in [5.41, 5.74) is 3.81. The molecule has 17 heavy (non-hydrogen) atoms. The Balaban J connectivity index is 2.58. The van der Waals surface area contributed by atoms with Gasteiger partial charge in [-0.2, -0.15) is 0 Å². The molecule has 0 atom stereocenters. The molecule has 0 amide bonds. The first-order chi connectivity index (χ1) is 7.99. The van der Waals surface area contributed by atoms with Crippen molar-refractivity contribution in [2.24, 2.45) is 0 Å². The van der Waals surface area contributed by atoms with Crippen LogP contribution in [-0.4, -0.2) is 29.6 Å². The molecule has 3 heteroatoms. The summed E-state index contributed by atoms with van der Waals surface area (Å²) >= 11 is 0. The third-order valence-electron chi connectivity index (χ3n) is 2.62. The number of aryl methyl sites for hydroxylation is 2. The lowest BCUT2D eigenvalue weighted by atomic mass is 10.1. The van der Waals surface area contributed by atoms with Crippen molar-refractivity contribution < 1.29 is 9.90 Å². The van der Waals surface area contributed by atoms with Crippen LogP contribution >= 0.6 is 0 Å². The van der Waals surface area contributed by atoms with Gasteiger partial charge in [0.25, 0.3) is 0 Å². The molecule has 0 saturated heterocycles. The van der Waals surface area contributed by atoms with Gasteiger partial charge >= 0.3 is 5.97 Å². The lowest BCUT2D eigenvalue weighted by Crippen LogP contribution is -2.18. The lowest BCUT2D eigenvalue weighted by Gasteiger charge is -2.16. The minimum atomic E-state index is -0.898. The third-order valence-corrected chi connectivity index (χ3v) is 2.62. The van der Waals surface area contributed by atoms with E-state index in [1.54, 1.807) is 6.08 Å². The van der Waals surface area contributed by atoms with Gasteiger partial charge in [0.15, 0.2) is 0 Å². The number of carboxylic acids is 1. The average molecular weight is 233 g/mol. The topological polar surface area (TPSA) is 40.5 Å². The molecule has 0 unspecified atom stereocenters. The van der Waals surface area contributed by atoms with E-state index in [1.165, 1.54) is 22.8 Å². The minimum absolute atomic E-state index is 0.639. The van der Waals surface area contributed by atoms with Gasteiger partial charge in [-0.25, -0.2) is 4.79 Å². The molecule has 1 aromatic carbocycles. The molecule has 0 saturated carbocycles. The van der Waals surface area contributed by atoms with Gasteiger partial charge in [-0.1, -0.05) is 29.8 Å². The van der Waals surface area contributed by atoms with E-state index in [0.29, 0.717) is 6.54 Å². The molecule has 0 aliphatic rings. The SMILES string of the molecule is Cc1ccc(C)c(CN(C)C/C=C/C(=O)O)c1. The van der Waals surface area contributed by atoms with Crippen LogP contribution in [0.2, 0.25) is 0 Å². The normalized spacial score (nSPS) is 11.3. The molecule has 1 N–H and O–H groups in total. The van der Waals surface area contributed by atoms with Crippen molar-refractivity contribution in [2.45, 2.75) is 20.4 Å². The average Bonchev–Trinajstić information content (AvgIpc) is 2.23. The number of carboxylic acid groups (broad SMARTS) is 1. The van der Waals surface area contributed by atoms with Gasteiger partial charge in [-0.3, -0.25) is 4.90 Å². The highest BCUT2D eigenvalue weighted by Gasteiger charge is 2.02. The summed E-state index contributed by atoms with van der Waals surface area (Å²) < 4.78 is 0.